The van der Waals surface area contributed by atoms with Crippen molar-refractivity contribution in [1.29, 1.82) is 0 Å². The Morgan fingerprint density at radius 3 is 2.81 bits per heavy atom. The van der Waals surface area contributed by atoms with Gasteiger partial charge in [0.05, 0.1) is 13.2 Å². The molecule has 1 fully saturated rings. The standard InChI is InChI=1S/C16H32N2O3/c1-5-9-17-16(3,15(19)21-6-2)13-18(4)11-14-8-7-10-20-12-14/h14,17H,5-13H2,1-4H3. The second-order valence-corrected chi connectivity index (χ2v) is 6.26. The molecule has 0 radical (unpaired) electrons. The molecule has 1 N–H and O–H groups in total. The number of nitrogens with zero attached hydrogens (tertiary/aromatic N) is 1. The molecule has 1 heterocycles. The van der Waals surface area contributed by atoms with Gasteiger partial charge in [-0.05, 0) is 52.6 Å². The SMILES string of the molecule is CCCNC(C)(CN(C)CC1CCCOC1)C(=O)OCC. The summed E-state index contributed by atoms with van der Waals surface area (Å²) in [4.78, 5) is 14.5. The Bertz CT molecular complexity index is 306. The van der Waals surface area contributed by atoms with E-state index < -0.39 is 5.54 Å². The van der Waals surface area contributed by atoms with Crippen LogP contribution >= 0.6 is 0 Å². The Labute approximate surface area is 129 Å². The van der Waals surface area contributed by atoms with Gasteiger partial charge >= 0.3 is 5.97 Å². The topological polar surface area (TPSA) is 50.8 Å². The maximum atomic E-state index is 12.3. The van der Waals surface area contributed by atoms with Crippen LogP contribution < -0.4 is 5.32 Å². The highest BCUT2D eigenvalue weighted by molar-refractivity contribution is 5.80. The van der Waals surface area contributed by atoms with Crippen molar-refractivity contribution < 1.29 is 14.3 Å². The van der Waals surface area contributed by atoms with Crippen molar-refractivity contribution in [3.8, 4) is 0 Å². The number of likely N-dealkylation sites (N-methyl/N-ethyl adjacent to an activating group) is 1. The summed E-state index contributed by atoms with van der Waals surface area (Å²) in [6.07, 6.45) is 3.35. The molecule has 2 atom stereocenters. The van der Waals surface area contributed by atoms with E-state index in [1.165, 1.54) is 6.42 Å². The normalized spacial score (nSPS) is 22.0. The zero-order chi connectivity index (χ0) is 15.7. The van der Waals surface area contributed by atoms with E-state index in [1.54, 1.807) is 0 Å². The fraction of sp³-hybridized carbons (Fsp3) is 0.938. The molecule has 0 aromatic rings. The van der Waals surface area contributed by atoms with Crippen LogP contribution in [0.1, 0.15) is 40.0 Å². The maximum absolute atomic E-state index is 12.3. The lowest BCUT2D eigenvalue weighted by Gasteiger charge is -2.35. The van der Waals surface area contributed by atoms with Crippen LogP contribution in [-0.2, 0) is 14.3 Å². The first kappa shape index (κ1) is 18.4. The molecule has 0 saturated carbocycles. The first-order valence-electron chi connectivity index (χ1n) is 8.20. The summed E-state index contributed by atoms with van der Waals surface area (Å²) in [5.41, 5.74) is -0.643. The lowest BCUT2D eigenvalue weighted by molar-refractivity contribution is -0.151. The largest absolute Gasteiger partial charge is 0.465 e. The van der Waals surface area contributed by atoms with Gasteiger partial charge in [0.2, 0.25) is 0 Å². The number of hydrogen-bond acceptors (Lipinski definition) is 5. The third-order valence-corrected chi connectivity index (χ3v) is 3.90. The van der Waals surface area contributed by atoms with Gasteiger partial charge in [0.25, 0.3) is 0 Å². The Kier molecular flexibility index (Phi) is 8.22. The lowest BCUT2D eigenvalue weighted by Crippen LogP contribution is -2.57. The molecule has 0 amide bonds. The van der Waals surface area contributed by atoms with E-state index in [9.17, 15) is 4.79 Å². The summed E-state index contributed by atoms with van der Waals surface area (Å²) in [6.45, 7) is 10.5. The van der Waals surface area contributed by atoms with Gasteiger partial charge in [-0.3, -0.25) is 4.79 Å². The summed E-state index contributed by atoms with van der Waals surface area (Å²) in [7, 11) is 2.07. The van der Waals surface area contributed by atoms with Gasteiger partial charge in [0.1, 0.15) is 5.54 Å². The van der Waals surface area contributed by atoms with Gasteiger partial charge in [-0.2, -0.15) is 0 Å². The molecule has 5 heteroatoms. The molecule has 1 aliphatic rings. The number of rotatable bonds is 9. The minimum Gasteiger partial charge on any atom is -0.465 e. The summed E-state index contributed by atoms with van der Waals surface area (Å²) in [6, 6.07) is 0. The number of nitrogens with one attached hydrogen (secondary N) is 1. The second kappa shape index (κ2) is 9.38. The molecule has 0 spiro atoms. The lowest BCUT2D eigenvalue weighted by atomic mass is 9.98. The van der Waals surface area contributed by atoms with E-state index in [4.69, 9.17) is 9.47 Å². The molecule has 2 unspecified atom stereocenters. The molecule has 1 saturated heterocycles. The van der Waals surface area contributed by atoms with Crippen molar-refractivity contribution in [2.24, 2.45) is 5.92 Å². The smallest absolute Gasteiger partial charge is 0.327 e. The average molecular weight is 300 g/mol. The third-order valence-electron chi connectivity index (χ3n) is 3.90. The molecule has 0 bridgehead atoms. The predicted octanol–water partition coefficient (Wildman–Crippen LogP) is 1.67. The molecule has 1 rings (SSSR count). The Morgan fingerprint density at radius 2 is 2.24 bits per heavy atom. The highest BCUT2D eigenvalue weighted by atomic mass is 16.5. The van der Waals surface area contributed by atoms with Crippen molar-refractivity contribution in [3.63, 3.8) is 0 Å². The van der Waals surface area contributed by atoms with E-state index in [-0.39, 0.29) is 5.97 Å². The molecule has 1 aliphatic heterocycles. The zero-order valence-corrected chi connectivity index (χ0v) is 14.1. The summed E-state index contributed by atoms with van der Waals surface area (Å²) in [5.74, 6) is 0.409. The van der Waals surface area contributed by atoms with Gasteiger partial charge in [0.15, 0.2) is 0 Å². The fourth-order valence-corrected chi connectivity index (χ4v) is 2.88. The van der Waals surface area contributed by atoms with E-state index in [0.29, 0.717) is 19.1 Å². The Balaban J connectivity index is 2.54. The maximum Gasteiger partial charge on any atom is 0.327 e. The van der Waals surface area contributed by atoms with Crippen LogP contribution in [0.25, 0.3) is 0 Å². The summed E-state index contributed by atoms with van der Waals surface area (Å²) >= 11 is 0. The first-order valence-corrected chi connectivity index (χ1v) is 8.20. The van der Waals surface area contributed by atoms with E-state index in [2.05, 4.69) is 24.2 Å². The van der Waals surface area contributed by atoms with E-state index in [1.807, 2.05) is 13.8 Å². The van der Waals surface area contributed by atoms with Gasteiger partial charge in [-0.1, -0.05) is 6.92 Å². The van der Waals surface area contributed by atoms with Crippen molar-refractivity contribution >= 4 is 5.97 Å². The van der Waals surface area contributed by atoms with Gasteiger partial charge in [-0.15, -0.1) is 0 Å². The van der Waals surface area contributed by atoms with Gasteiger partial charge in [0, 0.05) is 19.7 Å². The van der Waals surface area contributed by atoms with Crippen LogP contribution in [0.15, 0.2) is 0 Å². The molecular weight excluding hydrogens is 268 g/mol. The predicted molar refractivity (Wildman–Crippen MR) is 84.4 cm³/mol. The van der Waals surface area contributed by atoms with Crippen LogP contribution in [-0.4, -0.2) is 62.9 Å². The Hall–Kier alpha value is -0.650. The molecular formula is C16H32N2O3. The zero-order valence-electron chi connectivity index (χ0n) is 14.1. The number of carbonyl (C=O) groups is 1. The van der Waals surface area contributed by atoms with Crippen LogP contribution in [0.2, 0.25) is 0 Å². The number of hydrogen-bond donors (Lipinski definition) is 1. The summed E-state index contributed by atoms with van der Waals surface area (Å²) < 4.78 is 10.8. The van der Waals surface area contributed by atoms with Gasteiger partial charge in [-0.25, -0.2) is 0 Å². The molecule has 0 aromatic carbocycles. The minimum atomic E-state index is -0.643. The quantitative estimate of drug-likeness (QED) is 0.656. The van der Waals surface area contributed by atoms with Crippen molar-refractivity contribution in [2.45, 2.75) is 45.6 Å². The van der Waals surface area contributed by atoms with Crippen LogP contribution in [0.5, 0.6) is 0 Å². The number of carbonyl (C=O) groups excluding carboxylic acids is 1. The van der Waals surface area contributed by atoms with Crippen molar-refractivity contribution in [1.82, 2.24) is 10.2 Å². The molecule has 124 valence electrons. The minimum absolute atomic E-state index is 0.162. The third kappa shape index (κ3) is 6.32. The number of esters is 1. The van der Waals surface area contributed by atoms with Crippen LogP contribution in [0.3, 0.4) is 0 Å². The monoisotopic (exact) mass is 300 g/mol. The van der Waals surface area contributed by atoms with Crippen molar-refractivity contribution in [3.05, 3.63) is 0 Å². The number of ether oxygens (including phenoxy) is 2. The molecule has 0 aromatic heterocycles. The second-order valence-electron chi connectivity index (χ2n) is 6.26. The van der Waals surface area contributed by atoms with E-state index in [0.717, 1.165) is 39.1 Å². The van der Waals surface area contributed by atoms with Crippen molar-refractivity contribution in [2.75, 3.05) is 46.5 Å². The Morgan fingerprint density at radius 1 is 1.48 bits per heavy atom. The molecule has 5 nitrogen and oxygen atoms in total. The highest BCUT2D eigenvalue weighted by Crippen LogP contribution is 2.16. The molecule has 0 aliphatic carbocycles. The van der Waals surface area contributed by atoms with Crippen LogP contribution in [0.4, 0.5) is 0 Å². The first-order chi connectivity index (χ1) is 10.0. The molecule has 21 heavy (non-hydrogen) atoms. The van der Waals surface area contributed by atoms with E-state index >= 15 is 0 Å². The van der Waals surface area contributed by atoms with Crippen LogP contribution in [0, 0.1) is 5.92 Å². The van der Waals surface area contributed by atoms with Gasteiger partial charge < -0.3 is 19.7 Å². The average Bonchev–Trinajstić information content (AvgIpc) is 2.46. The summed E-state index contributed by atoms with van der Waals surface area (Å²) in [5, 5.41) is 3.35. The highest BCUT2D eigenvalue weighted by Gasteiger charge is 2.35. The fourth-order valence-electron chi connectivity index (χ4n) is 2.88.